The van der Waals surface area contributed by atoms with Crippen molar-refractivity contribution < 1.29 is 4.39 Å². The standard InChI is InChI=1S/C16H17Br2FN2/c1-2-8-20-14(16-12(17)6-4-9-21-16)10-11-5-3-7-13(19)15(11)18/h3-7,9,14,20H,2,8,10H2,1H3. The molecule has 0 saturated heterocycles. The van der Waals surface area contributed by atoms with E-state index in [0.717, 1.165) is 28.7 Å². The molecule has 0 aliphatic rings. The van der Waals surface area contributed by atoms with Gasteiger partial charge in [-0.05, 0) is 75.0 Å². The first-order valence-corrected chi connectivity index (χ1v) is 8.48. The predicted octanol–water partition coefficient (Wildman–Crippen LogP) is 5.03. The largest absolute Gasteiger partial charge is 0.308 e. The summed E-state index contributed by atoms with van der Waals surface area (Å²) in [6.45, 7) is 3.01. The number of hydrogen-bond donors (Lipinski definition) is 1. The van der Waals surface area contributed by atoms with Crippen LogP contribution in [-0.2, 0) is 6.42 Å². The minimum Gasteiger partial charge on any atom is -0.308 e. The molecule has 1 atom stereocenters. The van der Waals surface area contributed by atoms with E-state index in [1.165, 1.54) is 6.07 Å². The Morgan fingerprint density at radius 2 is 2.05 bits per heavy atom. The molecule has 0 spiro atoms. The number of pyridine rings is 1. The van der Waals surface area contributed by atoms with E-state index in [-0.39, 0.29) is 11.9 Å². The molecule has 2 rings (SSSR count). The van der Waals surface area contributed by atoms with Crippen LogP contribution in [0.25, 0.3) is 0 Å². The lowest BCUT2D eigenvalue weighted by Gasteiger charge is -2.20. The first-order valence-electron chi connectivity index (χ1n) is 6.90. The second-order valence-electron chi connectivity index (χ2n) is 4.79. The van der Waals surface area contributed by atoms with Crippen molar-refractivity contribution >= 4 is 31.9 Å². The van der Waals surface area contributed by atoms with Gasteiger partial charge < -0.3 is 5.32 Å². The van der Waals surface area contributed by atoms with Crippen LogP contribution in [0.2, 0.25) is 0 Å². The fourth-order valence-electron chi connectivity index (χ4n) is 2.16. The Balaban J connectivity index is 2.28. The molecule has 112 valence electrons. The van der Waals surface area contributed by atoms with E-state index in [1.54, 1.807) is 12.3 Å². The van der Waals surface area contributed by atoms with Crippen molar-refractivity contribution in [2.45, 2.75) is 25.8 Å². The van der Waals surface area contributed by atoms with E-state index in [4.69, 9.17) is 0 Å². The van der Waals surface area contributed by atoms with Gasteiger partial charge in [-0.25, -0.2) is 4.39 Å². The normalized spacial score (nSPS) is 12.4. The van der Waals surface area contributed by atoms with Crippen LogP contribution < -0.4 is 5.32 Å². The molecule has 2 nitrogen and oxygen atoms in total. The Labute approximate surface area is 141 Å². The van der Waals surface area contributed by atoms with Gasteiger partial charge in [0, 0.05) is 10.7 Å². The van der Waals surface area contributed by atoms with Gasteiger partial charge in [-0.15, -0.1) is 0 Å². The molecule has 0 aliphatic carbocycles. The number of nitrogens with zero attached hydrogens (tertiary/aromatic N) is 1. The highest BCUT2D eigenvalue weighted by molar-refractivity contribution is 9.10. The summed E-state index contributed by atoms with van der Waals surface area (Å²) in [5.74, 6) is -0.234. The molecule has 0 saturated carbocycles. The van der Waals surface area contributed by atoms with Gasteiger partial charge >= 0.3 is 0 Å². The SMILES string of the molecule is CCCNC(Cc1cccc(F)c1Br)c1ncccc1Br. The van der Waals surface area contributed by atoms with E-state index in [2.05, 4.69) is 49.1 Å². The van der Waals surface area contributed by atoms with Gasteiger partial charge in [-0.1, -0.05) is 19.1 Å². The third-order valence-electron chi connectivity index (χ3n) is 3.21. The fraction of sp³-hybridized carbons (Fsp3) is 0.312. The highest BCUT2D eigenvalue weighted by atomic mass is 79.9. The van der Waals surface area contributed by atoms with Crippen LogP contribution in [-0.4, -0.2) is 11.5 Å². The summed E-state index contributed by atoms with van der Waals surface area (Å²) < 4.78 is 15.2. The van der Waals surface area contributed by atoms with Gasteiger partial charge in [0.2, 0.25) is 0 Å². The van der Waals surface area contributed by atoms with Crippen molar-refractivity contribution in [3.63, 3.8) is 0 Å². The smallest absolute Gasteiger partial charge is 0.137 e. The van der Waals surface area contributed by atoms with E-state index in [9.17, 15) is 4.39 Å². The van der Waals surface area contributed by atoms with Crippen LogP contribution >= 0.6 is 31.9 Å². The minimum atomic E-state index is -0.234. The maximum absolute atomic E-state index is 13.7. The number of benzene rings is 1. The van der Waals surface area contributed by atoms with Crippen molar-refractivity contribution in [3.05, 3.63) is 62.5 Å². The summed E-state index contributed by atoms with van der Waals surface area (Å²) in [6, 6.07) is 9.04. The molecular formula is C16H17Br2FN2. The fourth-order valence-corrected chi connectivity index (χ4v) is 3.12. The third kappa shape index (κ3) is 4.34. The minimum absolute atomic E-state index is 0.0404. The van der Waals surface area contributed by atoms with Crippen molar-refractivity contribution in [3.8, 4) is 0 Å². The van der Waals surface area contributed by atoms with Crippen LogP contribution in [0.3, 0.4) is 0 Å². The van der Waals surface area contributed by atoms with Crippen LogP contribution in [0.5, 0.6) is 0 Å². The van der Waals surface area contributed by atoms with E-state index < -0.39 is 0 Å². The Morgan fingerprint density at radius 1 is 1.24 bits per heavy atom. The predicted molar refractivity (Wildman–Crippen MR) is 90.8 cm³/mol. The topological polar surface area (TPSA) is 24.9 Å². The summed E-state index contributed by atoms with van der Waals surface area (Å²) in [7, 11) is 0. The summed E-state index contributed by atoms with van der Waals surface area (Å²) >= 11 is 6.88. The van der Waals surface area contributed by atoms with E-state index >= 15 is 0 Å². The summed E-state index contributed by atoms with van der Waals surface area (Å²) in [6.07, 6.45) is 3.49. The molecule has 1 N–H and O–H groups in total. The van der Waals surface area contributed by atoms with Crippen molar-refractivity contribution in [2.75, 3.05) is 6.54 Å². The number of aromatic nitrogens is 1. The molecule has 0 fully saturated rings. The molecule has 21 heavy (non-hydrogen) atoms. The molecule has 1 aromatic carbocycles. The average molecular weight is 416 g/mol. The maximum atomic E-state index is 13.7. The first kappa shape index (κ1) is 16.6. The summed E-state index contributed by atoms with van der Waals surface area (Å²) in [5, 5.41) is 3.49. The van der Waals surface area contributed by atoms with Crippen LogP contribution in [0.4, 0.5) is 4.39 Å². The van der Waals surface area contributed by atoms with Gasteiger partial charge in [0.05, 0.1) is 16.2 Å². The van der Waals surface area contributed by atoms with Gasteiger partial charge in [-0.2, -0.15) is 0 Å². The van der Waals surface area contributed by atoms with Gasteiger partial charge in [-0.3, -0.25) is 4.98 Å². The maximum Gasteiger partial charge on any atom is 0.137 e. The zero-order chi connectivity index (χ0) is 15.2. The Kier molecular flexibility index (Phi) is 6.33. The van der Waals surface area contributed by atoms with Crippen LogP contribution in [0.15, 0.2) is 45.5 Å². The van der Waals surface area contributed by atoms with Crippen LogP contribution in [0, 0.1) is 5.82 Å². The van der Waals surface area contributed by atoms with Crippen molar-refractivity contribution in [1.82, 2.24) is 10.3 Å². The van der Waals surface area contributed by atoms with Crippen molar-refractivity contribution in [1.29, 1.82) is 0 Å². The molecular weight excluding hydrogens is 399 g/mol. The molecule has 1 heterocycles. The molecule has 0 amide bonds. The number of nitrogens with one attached hydrogen (secondary N) is 1. The quantitative estimate of drug-likeness (QED) is 0.715. The molecule has 0 radical (unpaired) electrons. The molecule has 1 aromatic heterocycles. The number of hydrogen-bond acceptors (Lipinski definition) is 2. The lowest BCUT2D eigenvalue weighted by atomic mass is 10.0. The Morgan fingerprint density at radius 3 is 2.76 bits per heavy atom. The summed E-state index contributed by atoms with van der Waals surface area (Å²) in [4.78, 5) is 4.46. The third-order valence-corrected chi connectivity index (χ3v) is 4.77. The Hall–Kier alpha value is -0.780. The average Bonchev–Trinajstić information content (AvgIpc) is 2.48. The molecule has 0 bridgehead atoms. The van der Waals surface area contributed by atoms with Crippen LogP contribution in [0.1, 0.15) is 30.6 Å². The second-order valence-corrected chi connectivity index (χ2v) is 6.44. The zero-order valence-electron chi connectivity index (χ0n) is 11.7. The zero-order valence-corrected chi connectivity index (χ0v) is 14.9. The summed E-state index contributed by atoms with van der Waals surface area (Å²) in [5.41, 5.74) is 1.88. The van der Waals surface area contributed by atoms with Gasteiger partial charge in [0.25, 0.3) is 0 Å². The lowest BCUT2D eigenvalue weighted by molar-refractivity contribution is 0.513. The molecule has 0 aliphatic heterocycles. The molecule has 2 aromatic rings. The molecule has 1 unspecified atom stereocenters. The second kappa shape index (κ2) is 8.01. The van der Waals surface area contributed by atoms with E-state index in [1.807, 2.05) is 18.2 Å². The Bertz CT molecular complexity index is 605. The van der Waals surface area contributed by atoms with Gasteiger partial charge in [0.15, 0.2) is 0 Å². The first-order chi connectivity index (χ1) is 10.1. The number of rotatable bonds is 6. The molecule has 5 heteroatoms. The number of halogens is 3. The highest BCUT2D eigenvalue weighted by Gasteiger charge is 2.18. The highest BCUT2D eigenvalue weighted by Crippen LogP contribution is 2.28. The lowest BCUT2D eigenvalue weighted by Crippen LogP contribution is -2.25. The van der Waals surface area contributed by atoms with Crippen molar-refractivity contribution in [2.24, 2.45) is 0 Å². The van der Waals surface area contributed by atoms with Gasteiger partial charge in [0.1, 0.15) is 5.82 Å². The van der Waals surface area contributed by atoms with E-state index in [0.29, 0.717) is 10.9 Å². The monoisotopic (exact) mass is 414 g/mol.